The van der Waals surface area contributed by atoms with E-state index in [1.54, 1.807) is 69.5 Å². The Kier molecular flexibility index (Phi) is 17.3. The third-order valence-electron chi connectivity index (χ3n) is 16.0. The lowest BCUT2D eigenvalue weighted by Crippen LogP contribution is -2.60. The zero-order valence-electron chi connectivity index (χ0n) is 47.0. The van der Waals surface area contributed by atoms with Gasteiger partial charge in [-0.1, -0.05) is 139 Å². The zero-order chi connectivity index (χ0) is 58.1. The first kappa shape index (κ1) is 58.6. The van der Waals surface area contributed by atoms with Gasteiger partial charge in [0, 0.05) is 25.2 Å². The molecule has 2 aliphatic carbocycles. The van der Waals surface area contributed by atoms with Crippen molar-refractivity contribution in [2.45, 2.75) is 141 Å². The van der Waals surface area contributed by atoms with Gasteiger partial charge in [0.05, 0.1) is 24.2 Å². The fraction of sp³-hybridized carbons (Fsp3) is 0.467. The number of hydrogen-bond donors (Lipinski definition) is 10. The maximum atomic E-state index is 14.8. The van der Waals surface area contributed by atoms with Crippen LogP contribution in [0.2, 0.25) is 0 Å². The summed E-state index contributed by atoms with van der Waals surface area (Å²) in [5.74, 6) is -5.49. The van der Waals surface area contributed by atoms with E-state index in [-0.39, 0.29) is 25.9 Å². The molecule has 2 saturated heterocycles. The van der Waals surface area contributed by atoms with E-state index in [2.05, 4.69) is 42.5 Å². The average Bonchev–Trinajstić information content (AvgIpc) is 4.21. The molecule has 0 aromatic heterocycles. The van der Waals surface area contributed by atoms with Crippen LogP contribution in [0, 0.1) is 10.8 Å². The van der Waals surface area contributed by atoms with Crippen molar-refractivity contribution < 1.29 is 48.6 Å². The van der Waals surface area contributed by atoms with Gasteiger partial charge in [0.15, 0.2) is 12.2 Å². The number of likely N-dealkylation sites (tertiary alicyclic amines) is 2. The van der Waals surface area contributed by atoms with Crippen molar-refractivity contribution in [1.82, 2.24) is 52.3 Å². The van der Waals surface area contributed by atoms with Crippen molar-refractivity contribution >= 4 is 47.3 Å². The smallest absolute Gasteiger partial charge is 0.252 e. The number of rotatable bonds is 17. The Labute approximate surface area is 467 Å². The number of likely N-dealkylation sites (N-methyl/N-ethyl adjacent to an activating group) is 2. The zero-order valence-corrected chi connectivity index (χ0v) is 47.0. The number of aliphatic hydroxyl groups is 2. The Balaban J connectivity index is 0.999. The van der Waals surface area contributed by atoms with Gasteiger partial charge in [-0.2, -0.15) is 0 Å². The summed E-state index contributed by atoms with van der Waals surface area (Å²) in [7, 11) is 3.22. The van der Waals surface area contributed by atoms with Crippen LogP contribution < -0.4 is 42.5 Å². The summed E-state index contributed by atoms with van der Waals surface area (Å²) in [5.41, 5.74) is 5.50. The molecule has 10 N–H and O–H groups in total. The number of carbonyl (C=O) groups is 8. The number of amides is 8. The van der Waals surface area contributed by atoms with Gasteiger partial charge in [-0.25, -0.2) is 0 Å². The van der Waals surface area contributed by atoms with Gasteiger partial charge in [-0.05, 0) is 96.1 Å². The largest absolute Gasteiger partial charge is 0.380 e. The van der Waals surface area contributed by atoms with Crippen LogP contribution in [0.5, 0.6) is 0 Å². The molecule has 80 heavy (non-hydrogen) atoms. The normalized spacial score (nSPS) is 20.9. The molecule has 10 atom stereocenters. The average molecular weight is 1100 g/mol. The second kappa shape index (κ2) is 23.7. The summed E-state index contributed by atoms with van der Waals surface area (Å²) < 4.78 is 0. The second-order valence-corrected chi connectivity index (χ2v) is 23.7. The first-order valence-electron chi connectivity index (χ1n) is 27.3. The van der Waals surface area contributed by atoms with E-state index in [1.807, 2.05) is 97.1 Å². The van der Waals surface area contributed by atoms with Crippen LogP contribution in [0.3, 0.4) is 0 Å². The van der Waals surface area contributed by atoms with E-state index in [0.29, 0.717) is 0 Å². The van der Waals surface area contributed by atoms with Crippen molar-refractivity contribution in [3.63, 3.8) is 0 Å². The second-order valence-electron chi connectivity index (χ2n) is 23.7. The molecule has 0 spiro atoms. The minimum atomic E-state index is -2.36. The highest BCUT2D eigenvalue weighted by Crippen LogP contribution is 2.45. The van der Waals surface area contributed by atoms with Gasteiger partial charge in [0.1, 0.15) is 24.2 Å². The van der Waals surface area contributed by atoms with Crippen molar-refractivity contribution in [2.75, 3.05) is 27.2 Å². The minimum absolute atomic E-state index is 0.136. The number of nitrogens with zero attached hydrogens (tertiary/aromatic N) is 2. The maximum absolute atomic E-state index is 14.8. The lowest BCUT2D eigenvalue weighted by atomic mass is 9.85. The third-order valence-corrected chi connectivity index (χ3v) is 16.0. The molecule has 2 fully saturated rings. The van der Waals surface area contributed by atoms with E-state index in [9.17, 15) is 48.6 Å². The van der Waals surface area contributed by atoms with Crippen LogP contribution in [-0.2, 0) is 38.4 Å². The topological polar surface area (TPSA) is 280 Å². The lowest BCUT2D eigenvalue weighted by molar-refractivity contribution is -0.147. The van der Waals surface area contributed by atoms with E-state index in [1.165, 1.54) is 9.80 Å². The predicted molar refractivity (Wildman–Crippen MR) is 300 cm³/mol. The first-order valence-corrected chi connectivity index (χ1v) is 27.3. The standard InChI is InChI=1S/C60H76N10O10/c1-31(61-9)51(73)67-49(59(3,4)5)57(79)69-29-33(27-43(69)53(75)65-45-39-23-15-11-19-35(39)36-20-12-16-24-40(36)45)63-55(77)47(71)48(72)56(78)64-34-28-44(70(30-34)58(80)50(60(6,7)8)68-52(74)32(2)62-10)54(76)66-46-41-25-17-13-21-37(41)38-22-14-18-26-42(38)46/h11-26,31-34,43-50,61-62,71-72H,27-30H2,1-10H3,(H,63,77)(H,64,78)(H,65,75)(H,66,76)(H,67,73)(H,68,74)/t31-,32-,33-,34-,43-,44-,47+,48+,49+,50+/m0/s1. The van der Waals surface area contributed by atoms with Crippen molar-refractivity contribution in [3.8, 4) is 22.3 Å². The maximum Gasteiger partial charge on any atom is 0.252 e. The number of aliphatic hydroxyl groups excluding tert-OH is 2. The van der Waals surface area contributed by atoms with Crippen molar-refractivity contribution in [1.29, 1.82) is 0 Å². The number of nitrogens with one attached hydrogen (secondary N) is 8. The molecule has 2 aliphatic heterocycles. The number of carbonyl (C=O) groups excluding carboxylic acids is 8. The highest BCUT2D eigenvalue weighted by Gasteiger charge is 2.49. The molecule has 0 bridgehead atoms. The summed E-state index contributed by atoms with van der Waals surface area (Å²) in [5, 5.41) is 45.8. The molecule has 4 aromatic rings. The van der Waals surface area contributed by atoms with Crippen molar-refractivity contribution in [2.24, 2.45) is 10.8 Å². The number of fused-ring (bicyclic) bond motifs is 6. The Morgan fingerprint density at radius 1 is 0.463 bits per heavy atom. The molecular weight excluding hydrogens is 1020 g/mol. The molecule has 2 heterocycles. The summed E-state index contributed by atoms with van der Waals surface area (Å²) >= 11 is 0. The van der Waals surface area contributed by atoms with Gasteiger partial charge in [0.25, 0.3) is 11.8 Å². The quantitative estimate of drug-likeness (QED) is 0.0727. The molecule has 0 radical (unpaired) electrons. The van der Waals surface area contributed by atoms with E-state index in [4.69, 9.17) is 0 Å². The van der Waals surface area contributed by atoms with Gasteiger partial charge in [-0.3, -0.25) is 38.4 Å². The van der Waals surface area contributed by atoms with E-state index in [0.717, 1.165) is 44.5 Å². The number of hydrogen-bond acceptors (Lipinski definition) is 12. The Morgan fingerprint density at radius 2 is 0.750 bits per heavy atom. The SMILES string of the molecule is CN[C@@H](C)C(=O)N[C@H](C(=O)N1C[C@@H](NC(=O)[C@H](O)[C@@H](O)C(=O)N[C@H]2C[C@@H](C(=O)NC3c4ccccc4-c4ccccc43)N(C(=O)[C@@H](NC(=O)[C@H](C)NC)C(C)(C)C)C2)C[C@H]1C(=O)NC1c2ccccc2-c2ccccc21)C(C)(C)C. The van der Waals surface area contributed by atoms with Gasteiger partial charge < -0.3 is 62.5 Å². The molecular formula is C60H76N10O10. The summed E-state index contributed by atoms with van der Waals surface area (Å²) in [6, 6.07) is 21.6. The fourth-order valence-corrected chi connectivity index (χ4v) is 11.2. The summed E-state index contributed by atoms with van der Waals surface area (Å²) in [6.45, 7) is 13.5. The van der Waals surface area contributed by atoms with Crippen LogP contribution >= 0.6 is 0 Å². The molecule has 8 amide bonds. The van der Waals surface area contributed by atoms with Gasteiger partial charge in [-0.15, -0.1) is 0 Å². The molecule has 0 unspecified atom stereocenters. The Hall–Kier alpha value is -7.52. The Bertz CT molecular complexity index is 2750. The summed E-state index contributed by atoms with van der Waals surface area (Å²) in [4.78, 5) is 116. The first-order chi connectivity index (χ1) is 37.8. The molecule has 20 nitrogen and oxygen atoms in total. The monoisotopic (exact) mass is 1100 g/mol. The molecule has 8 rings (SSSR count). The molecule has 0 saturated carbocycles. The third kappa shape index (κ3) is 12.0. The van der Waals surface area contributed by atoms with Crippen LogP contribution in [-0.4, -0.2) is 155 Å². The van der Waals surface area contributed by atoms with Gasteiger partial charge >= 0.3 is 0 Å². The minimum Gasteiger partial charge on any atom is -0.380 e. The van der Waals surface area contributed by atoms with Crippen molar-refractivity contribution in [3.05, 3.63) is 119 Å². The lowest BCUT2D eigenvalue weighted by Gasteiger charge is -2.36. The highest BCUT2D eigenvalue weighted by atomic mass is 16.3. The van der Waals surface area contributed by atoms with E-state index < -0.39 is 131 Å². The molecule has 20 heteroatoms. The van der Waals surface area contributed by atoms with Crippen LogP contribution in [0.1, 0.15) is 103 Å². The molecule has 426 valence electrons. The predicted octanol–water partition coefficient (Wildman–Crippen LogP) is 1.93. The highest BCUT2D eigenvalue weighted by molar-refractivity contribution is 5.97. The van der Waals surface area contributed by atoms with Gasteiger partial charge in [0.2, 0.25) is 35.4 Å². The summed E-state index contributed by atoms with van der Waals surface area (Å²) in [6.07, 6.45) is -5.00. The molecule has 4 aromatic carbocycles. The van der Waals surface area contributed by atoms with Crippen LogP contribution in [0.15, 0.2) is 97.1 Å². The number of benzene rings is 4. The van der Waals surface area contributed by atoms with E-state index >= 15 is 0 Å². The fourth-order valence-electron chi connectivity index (χ4n) is 11.2. The van der Waals surface area contributed by atoms with Crippen LogP contribution in [0.25, 0.3) is 22.3 Å². The van der Waals surface area contributed by atoms with Crippen LogP contribution in [0.4, 0.5) is 0 Å². The molecule has 4 aliphatic rings. The Morgan fingerprint density at radius 3 is 1.02 bits per heavy atom.